The van der Waals surface area contributed by atoms with Gasteiger partial charge in [-0.3, -0.25) is 4.79 Å². The summed E-state index contributed by atoms with van der Waals surface area (Å²) in [6.45, 7) is 1.24. The minimum Gasteiger partial charge on any atom is -0.491 e. The number of carboxylic acids is 1. The van der Waals surface area contributed by atoms with E-state index in [0.29, 0.717) is 0 Å². The molecule has 0 saturated carbocycles. The van der Waals surface area contributed by atoms with Crippen LogP contribution in [-0.2, 0) is 14.3 Å². The maximum absolute atomic E-state index is 11.0. The monoisotopic (exact) mass is 202 g/mol. The van der Waals surface area contributed by atoms with Gasteiger partial charge in [-0.05, 0) is 0 Å². The van der Waals surface area contributed by atoms with Gasteiger partial charge in [0.05, 0.1) is 7.11 Å². The second kappa shape index (κ2) is 5.23. The molecule has 0 aromatic heterocycles. The number of carbonyl (C=O) groups is 2. The fraction of sp³-hybridized carbons (Fsp3) is 0.500. The molecule has 0 atom stereocenters. The number of methoxy groups -OCH3 is 1. The van der Waals surface area contributed by atoms with E-state index < -0.39 is 11.8 Å². The predicted molar refractivity (Wildman–Crippen MR) is 49.2 cm³/mol. The number of ether oxygens (including phenoxy) is 1. The van der Waals surface area contributed by atoms with E-state index >= 15 is 0 Å². The molecule has 6 nitrogen and oxygen atoms in total. The second-order valence-electron chi connectivity index (χ2n) is 2.53. The van der Waals surface area contributed by atoms with Crippen LogP contribution in [0.1, 0.15) is 6.92 Å². The van der Waals surface area contributed by atoms with Gasteiger partial charge in [-0.25, -0.2) is 10.2 Å². The molecule has 6 heteroatoms. The number of nitrogens with zero attached hydrogens (tertiary/aromatic N) is 1. The normalized spacial score (nSPS) is 11.7. The summed E-state index contributed by atoms with van der Waals surface area (Å²) in [4.78, 5) is 21.9. The van der Waals surface area contributed by atoms with Gasteiger partial charge in [-0.1, -0.05) is 0 Å². The number of hydrogen-bond donors (Lipinski definition) is 2. The van der Waals surface area contributed by atoms with E-state index in [1.54, 1.807) is 0 Å². The molecule has 0 saturated heterocycles. The highest BCUT2D eigenvalue weighted by Gasteiger charge is 2.22. The maximum atomic E-state index is 11.0. The standard InChI is InChI=1S/C8H14N2O4/c1-5(11)7(14-4)6(8(12)13)10(3)9-2/h9H,1-4H3,(H,12,13)/b7-6+. The van der Waals surface area contributed by atoms with Gasteiger partial charge in [0.1, 0.15) is 0 Å². The van der Waals surface area contributed by atoms with Gasteiger partial charge in [0.25, 0.3) is 0 Å². The summed E-state index contributed by atoms with van der Waals surface area (Å²) in [5.41, 5.74) is 2.36. The van der Waals surface area contributed by atoms with Gasteiger partial charge in [0, 0.05) is 21.0 Å². The van der Waals surface area contributed by atoms with Crippen LogP contribution in [0.4, 0.5) is 0 Å². The molecule has 0 fully saturated rings. The summed E-state index contributed by atoms with van der Waals surface area (Å²) in [7, 11) is 4.27. The van der Waals surface area contributed by atoms with Crippen LogP contribution in [0.15, 0.2) is 11.5 Å². The first-order chi connectivity index (χ1) is 6.45. The third-order valence-corrected chi connectivity index (χ3v) is 1.61. The number of nitrogens with one attached hydrogen (secondary N) is 1. The molecule has 0 aromatic carbocycles. The van der Waals surface area contributed by atoms with Crippen LogP contribution in [0.3, 0.4) is 0 Å². The molecule has 0 amide bonds. The van der Waals surface area contributed by atoms with E-state index in [1.807, 2.05) is 0 Å². The van der Waals surface area contributed by atoms with Crippen LogP contribution in [0.25, 0.3) is 0 Å². The smallest absolute Gasteiger partial charge is 0.357 e. The minimum atomic E-state index is -1.23. The number of hydrogen-bond acceptors (Lipinski definition) is 5. The Morgan fingerprint density at radius 1 is 1.43 bits per heavy atom. The molecular formula is C8H14N2O4. The average Bonchev–Trinajstić information content (AvgIpc) is 2.11. The Morgan fingerprint density at radius 3 is 2.14 bits per heavy atom. The third kappa shape index (κ3) is 2.74. The predicted octanol–water partition coefficient (Wildman–Crippen LogP) is -0.416. The number of hydrazine groups is 1. The van der Waals surface area contributed by atoms with Crippen molar-refractivity contribution >= 4 is 11.8 Å². The highest BCUT2D eigenvalue weighted by molar-refractivity contribution is 6.00. The first-order valence-corrected chi connectivity index (χ1v) is 3.89. The van der Waals surface area contributed by atoms with Gasteiger partial charge >= 0.3 is 5.97 Å². The van der Waals surface area contributed by atoms with Crippen molar-refractivity contribution in [2.24, 2.45) is 0 Å². The van der Waals surface area contributed by atoms with E-state index in [0.717, 1.165) is 0 Å². The lowest BCUT2D eigenvalue weighted by Gasteiger charge is -2.19. The Bertz CT molecular complexity index is 273. The first kappa shape index (κ1) is 12.4. The lowest BCUT2D eigenvalue weighted by Crippen LogP contribution is -2.35. The number of Topliss-reactive ketones (excluding diaryl/α,β-unsaturated/α-hetero) is 1. The van der Waals surface area contributed by atoms with Crippen LogP contribution < -0.4 is 5.43 Å². The van der Waals surface area contributed by atoms with Gasteiger partial charge in [0.15, 0.2) is 17.2 Å². The summed E-state index contributed by atoms with van der Waals surface area (Å²) in [5, 5.41) is 10.1. The quantitative estimate of drug-likeness (QED) is 0.358. The first-order valence-electron chi connectivity index (χ1n) is 3.89. The van der Waals surface area contributed by atoms with Crippen molar-refractivity contribution in [3.8, 4) is 0 Å². The molecule has 14 heavy (non-hydrogen) atoms. The summed E-state index contributed by atoms with van der Waals surface area (Å²) in [6, 6.07) is 0. The largest absolute Gasteiger partial charge is 0.491 e. The Kier molecular flexibility index (Phi) is 4.65. The van der Waals surface area contributed by atoms with Crippen LogP contribution in [0.5, 0.6) is 0 Å². The lowest BCUT2D eigenvalue weighted by atomic mass is 10.2. The number of likely N-dealkylation sites (N-methyl/N-ethyl adjacent to an activating group) is 1. The average molecular weight is 202 g/mol. The summed E-state index contributed by atoms with van der Waals surface area (Å²) < 4.78 is 4.73. The van der Waals surface area contributed by atoms with Crippen molar-refractivity contribution < 1.29 is 19.4 Å². The second-order valence-corrected chi connectivity index (χ2v) is 2.53. The Hall–Kier alpha value is -1.56. The molecular weight excluding hydrogens is 188 g/mol. The summed E-state index contributed by atoms with van der Waals surface area (Å²) in [5.74, 6) is -1.85. The zero-order valence-electron chi connectivity index (χ0n) is 8.62. The van der Waals surface area contributed by atoms with Gasteiger partial charge in [-0.2, -0.15) is 0 Å². The Morgan fingerprint density at radius 2 is 1.93 bits per heavy atom. The number of carbonyl (C=O) groups excluding carboxylic acids is 1. The molecule has 0 rings (SSSR count). The molecule has 2 N–H and O–H groups in total. The molecule has 0 aliphatic rings. The highest BCUT2D eigenvalue weighted by Crippen LogP contribution is 2.09. The number of carboxylic acid groups (broad SMARTS) is 1. The minimum absolute atomic E-state index is 0.186. The number of allylic oxidation sites excluding steroid dienone is 1. The molecule has 0 bridgehead atoms. The van der Waals surface area contributed by atoms with E-state index in [9.17, 15) is 9.59 Å². The van der Waals surface area contributed by atoms with Crippen LogP contribution in [0.2, 0.25) is 0 Å². The number of rotatable bonds is 5. The molecule has 0 radical (unpaired) electrons. The fourth-order valence-corrected chi connectivity index (χ4v) is 0.912. The molecule has 0 aliphatic heterocycles. The van der Waals surface area contributed by atoms with E-state index in [-0.39, 0.29) is 11.5 Å². The Balaban J connectivity index is 5.31. The third-order valence-electron chi connectivity index (χ3n) is 1.61. The Labute approximate surface area is 82.1 Å². The van der Waals surface area contributed by atoms with Crippen molar-refractivity contribution in [3.63, 3.8) is 0 Å². The number of ketones is 1. The topological polar surface area (TPSA) is 78.9 Å². The number of aliphatic carboxylic acids is 1. The van der Waals surface area contributed by atoms with Crippen molar-refractivity contribution in [1.82, 2.24) is 10.4 Å². The van der Waals surface area contributed by atoms with Crippen LogP contribution in [-0.4, -0.2) is 43.1 Å². The molecule has 80 valence electrons. The lowest BCUT2D eigenvalue weighted by molar-refractivity contribution is -0.135. The van der Waals surface area contributed by atoms with Crippen molar-refractivity contribution in [2.75, 3.05) is 21.2 Å². The maximum Gasteiger partial charge on any atom is 0.357 e. The van der Waals surface area contributed by atoms with Gasteiger partial charge in [-0.15, -0.1) is 0 Å². The zero-order chi connectivity index (χ0) is 11.3. The zero-order valence-corrected chi connectivity index (χ0v) is 8.62. The van der Waals surface area contributed by atoms with Gasteiger partial charge < -0.3 is 14.9 Å². The van der Waals surface area contributed by atoms with Crippen molar-refractivity contribution in [2.45, 2.75) is 6.92 Å². The van der Waals surface area contributed by atoms with Crippen LogP contribution in [0, 0.1) is 0 Å². The van der Waals surface area contributed by atoms with Crippen molar-refractivity contribution in [1.29, 1.82) is 0 Å². The van der Waals surface area contributed by atoms with Crippen molar-refractivity contribution in [3.05, 3.63) is 11.5 Å². The molecule has 0 aromatic rings. The molecule has 0 spiro atoms. The molecule has 0 unspecified atom stereocenters. The summed E-state index contributed by atoms with van der Waals surface area (Å²) >= 11 is 0. The summed E-state index contributed by atoms with van der Waals surface area (Å²) in [6.07, 6.45) is 0. The van der Waals surface area contributed by atoms with E-state index in [4.69, 9.17) is 9.84 Å². The molecule has 0 heterocycles. The van der Waals surface area contributed by atoms with E-state index in [1.165, 1.54) is 33.1 Å². The fourth-order valence-electron chi connectivity index (χ4n) is 0.912. The van der Waals surface area contributed by atoms with Crippen LogP contribution >= 0.6 is 0 Å². The molecule has 0 aliphatic carbocycles. The highest BCUT2D eigenvalue weighted by atomic mass is 16.5. The van der Waals surface area contributed by atoms with E-state index in [2.05, 4.69) is 5.43 Å². The van der Waals surface area contributed by atoms with Gasteiger partial charge in [0.2, 0.25) is 0 Å². The SMILES string of the molecule is CNN(C)/C(C(=O)O)=C(/OC)C(C)=O.